The molecular formula is C39H39ClN8. The molecule has 2 fully saturated rings. The van der Waals surface area contributed by atoms with Gasteiger partial charge in [-0.3, -0.25) is 19.8 Å². The largest absolute Gasteiger partial charge is 0.338 e. The molecule has 8 nitrogen and oxygen atoms in total. The first-order valence-electron chi connectivity index (χ1n) is 16.9. The van der Waals surface area contributed by atoms with Gasteiger partial charge in [0, 0.05) is 59.9 Å². The molecule has 0 spiro atoms. The lowest BCUT2D eigenvalue weighted by atomic mass is 9.98. The molecule has 2 aliphatic rings. The standard InChI is InChI=1S/C39H39ClN8/c1-26-31(8-6-10-33(26)45-38-36-29(12-14-41-38)20-27(22-43-36)24-47-16-2-3-17-47)32-9-7-11-34(35(32)40)46-39-37-30(13-15-42-39)21-28(23-44-37)25-48-18-4-5-19-48/h6-15,20-23H,2-5,16-19,24-25H2,1H3,(H,41,45)(H,42,46). The normalized spacial score (nSPS) is 15.5. The molecule has 6 aromatic rings. The van der Waals surface area contributed by atoms with E-state index in [2.05, 4.69) is 67.7 Å². The molecule has 0 aliphatic carbocycles. The second-order valence-corrected chi connectivity index (χ2v) is 13.4. The van der Waals surface area contributed by atoms with E-state index in [9.17, 15) is 0 Å². The van der Waals surface area contributed by atoms with Gasteiger partial charge >= 0.3 is 0 Å². The van der Waals surface area contributed by atoms with Crippen molar-refractivity contribution in [1.29, 1.82) is 0 Å². The molecule has 2 N–H and O–H groups in total. The maximum absolute atomic E-state index is 7.14. The highest BCUT2D eigenvalue weighted by molar-refractivity contribution is 6.36. The van der Waals surface area contributed by atoms with Crippen LogP contribution >= 0.6 is 11.6 Å². The average molecular weight is 655 g/mol. The highest BCUT2D eigenvalue weighted by Crippen LogP contribution is 2.39. The summed E-state index contributed by atoms with van der Waals surface area (Å²) in [6.45, 7) is 8.63. The summed E-state index contributed by atoms with van der Waals surface area (Å²) < 4.78 is 0. The van der Waals surface area contributed by atoms with Crippen LogP contribution in [0.2, 0.25) is 5.02 Å². The molecule has 4 aromatic heterocycles. The Morgan fingerprint density at radius 3 is 1.69 bits per heavy atom. The van der Waals surface area contributed by atoms with E-state index in [0.29, 0.717) is 10.8 Å². The van der Waals surface area contributed by atoms with Crippen molar-refractivity contribution >= 4 is 56.4 Å². The zero-order valence-electron chi connectivity index (χ0n) is 27.2. The molecule has 0 saturated carbocycles. The Bertz CT molecular complexity index is 1950. The number of nitrogens with one attached hydrogen (secondary N) is 2. The maximum atomic E-state index is 7.14. The Morgan fingerprint density at radius 2 is 1.12 bits per heavy atom. The number of benzene rings is 2. The van der Waals surface area contributed by atoms with Crippen molar-refractivity contribution in [3.8, 4) is 11.1 Å². The number of fused-ring (bicyclic) bond motifs is 2. The summed E-state index contributed by atoms with van der Waals surface area (Å²) in [6, 6.07) is 20.8. The van der Waals surface area contributed by atoms with Crippen LogP contribution in [-0.4, -0.2) is 55.9 Å². The van der Waals surface area contributed by atoms with Crippen molar-refractivity contribution < 1.29 is 0 Å². The van der Waals surface area contributed by atoms with Crippen molar-refractivity contribution in [2.75, 3.05) is 36.8 Å². The van der Waals surface area contributed by atoms with Crippen LogP contribution in [0.1, 0.15) is 42.4 Å². The Hall–Kier alpha value is -4.63. The molecular weight excluding hydrogens is 616 g/mol. The number of aromatic nitrogens is 4. The van der Waals surface area contributed by atoms with E-state index < -0.39 is 0 Å². The van der Waals surface area contributed by atoms with Crippen LogP contribution in [0.3, 0.4) is 0 Å². The fraction of sp³-hybridized carbons (Fsp3) is 0.282. The Kier molecular flexibility index (Phi) is 8.61. The third-order valence-electron chi connectivity index (χ3n) is 9.65. The molecule has 6 heterocycles. The van der Waals surface area contributed by atoms with Crippen LogP contribution in [0.25, 0.3) is 32.9 Å². The Morgan fingerprint density at radius 1 is 0.625 bits per heavy atom. The summed E-state index contributed by atoms with van der Waals surface area (Å²) in [5.74, 6) is 1.42. The fourth-order valence-corrected chi connectivity index (χ4v) is 7.39. The minimum Gasteiger partial charge on any atom is -0.338 e. The maximum Gasteiger partial charge on any atom is 0.156 e. The number of nitrogens with zero attached hydrogens (tertiary/aromatic N) is 6. The van der Waals surface area contributed by atoms with Gasteiger partial charge in [-0.1, -0.05) is 35.9 Å². The molecule has 2 aliphatic heterocycles. The molecule has 48 heavy (non-hydrogen) atoms. The topological polar surface area (TPSA) is 82.1 Å². The van der Waals surface area contributed by atoms with E-state index in [1.807, 2.05) is 55.1 Å². The van der Waals surface area contributed by atoms with Crippen molar-refractivity contribution in [1.82, 2.24) is 29.7 Å². The molecule has 242 valence electrons. The summed E-state index contributed by atoms with van der Waals surface area (Å²) in [5.41, 5.74) is 8.90. The minimum atomic E-state index is 0.623. The third-order valence-corrected chi connectivity index (χ3v) is 10.1. The molecule has 0 radical (unpaired) electrons. The first-order valence-corrected chi connectivity index (χ1v) is 17.3. The average Bonchev–Trinajstić information content (AvgIpc) is 3.82. The number of hydrogen-bond acceptors (Lipinski definition) is 8. The van der Waals surface area contributed by atoms with Gasteiger partial charge in [0.05, 0.1) is 10.7 Å². The van der Waals surface area contributed by atoms with Gasteiger partial charge in [-0.05, 0) is 117 Å². The first kappa shape index (κ1) is 30.7. The lowest BCUT2D eigenvalue weighted by Gasteiger charge is -2.17. The van der Waals surface area contributed by atoms with Crippen molar-refractivity contribution in [2.45, 2.75) is 45.7 Å². The van der Waals surface area contributed by atoms with Crippen molar-refractivity contribution in [3.05, 3.63) is 107 Å². The van der Waals surface area contributed by atoms with Crippen LogP contribution in [0.15, 0.2) is 85.5 Å². The van der Waals surface area contributed by atoms with Gasteiger partial charge in [0.15, 0.2) is 11.6 Å². The molecule has 0 bridgehead atoms. The molecule has 0 atom stereocenters. The van der Waals surface area contributed by atoms with Gasteiger partial charge in [-0.2, -0.15) is 0 Å². The highest BCUT2D eigenvalue weighted by Gasteiger charge is 2.17. The summed E-state index contributed by atoms with van der Waals surface area (Å²) in [7, 11) is 0. The van der Waals surface area contributed by atoms with Gasteiger partial charge in [0.2, 0.25) is 0 Å². The quantitative estimate of drug-likeness (QED) is 0.160. The van der Waals surface area contributed by atoms with Crippen molar-refractivity contribution in [3.63, 3.8) is 0 Å². The fourth-order valence-electron chi connectivity index (χ4n) is 7.12. The molecule has 0 unspecified atom stereocenters. The summed E-state index contributed by atoms with van der Waals surface area (Å²) in [4.78, 5) is 24.0. The van der Waals surface area contributed by atoms with E-state index in [1.54, 1.807) is 0 Å². The van der Waals surface area contributed by atoms with Crippen LogP contribution in [0.5, 0.6) is 0 Å². The van der Waals surface area contributed by atoms with Gasteiger partial charge in [-0.15, -0.1) is 0 Å². The number of hydrogen-bond donors (Lipinski definition) is 2. The van der Waals surface area contributed by atoms with Crippen LogP contribution in [0.4, 0.5) is 23.0 Å². The van der Waals surface area contributed by atoms with Crippen LogP contribution < -0.4 is 10.6 Å². The smallest absolute Gasteiger partial charge is 0.156 e. The second kappa shape index (κ2) is 13.5. The molecule has 8 rings (SSSR count). The number of pyridine rings is 4. The number of anilines is 4. The molecule has 9 heteroatoms. The first-order chi connectivity index (χ1) is 23.6. The zero-order chi connectivity index (χ0) is 32.5. The zero-order valence-corrected chi connectivity index (χ0v) is 28.0. The Balaban J connectivity index is 1.05. The van der Waals surface area contributed by atoms with Gasteiger partial charge in [0.25, 0.3) is 0 Å². The number of halogens is 1. The second-order valence-electron chi connectivity index (χ2n) is 13.0. The van der Waals surface area contributed by atoms with Gasteiger partial charge in [-0.25, -0.2) is 9.97 Å². The van der Waals surface area contributed by atoms with Gasteiger partial charge < -0.3 is 10.6 Å². The third kappa shape index (κ3) is 6.31. The summed E-state index contributed by atoms with van der Waals surface area (Å²) >= 11 is 7.14. The van der Waals surface area contributed by atoms with Crippen molar-refractivity contribution in [2.24, 2.45) is 0 Å². The van der Waals surface area contributed by atoms with Crippen LogP contribution in [0, 0.1) is 6.92 Å². The predicted molar refractivity (Wildman–Crippen MR) is 196 cm³/mol. The molecule has 2 saturated heterocycles. The van der Waals surface area contributed by atoms with Crippen LogP contribution in [-0.2, 0) is 13.1 Å². The predicted octanol–water partition coefficient (Wildman–Crippen LogP) is 8.88. The lowest BCUT2D eigenvalue weighted by Crippen LogP contribution is -2.18. The van der Waals surface area contributed by atoms with E-state index in [4.69, 9.17) is 21.6 Å². The van der Waals surface area contributed by atoms with E-state index in [-0.39, 0.29) is 0 Å². The minimum absolute atomic E-state index is 0.623. The summed E-state index contributed by atoms with van der Waals surface area (Å²) in [5, 5.41) is 9.83. The number of rotatable bonds is 9. The van der Waals surface area contributed by atoms with E-state index >= 15 is 0 Å². The van der Waals surface area contributed by atoms with E-state index in [0.717, 1.165) is 95.0 Å². The number of likely N-dealkylation sites (tertiary alicyclic amines) is 2. The molecule has 0 amide bonds. The van der Waals surface area contributed by atoms with E-state index in [1.165, 1.54) is 36.8 Å². The SMILES string of the molecule is Cc1c(Nc2nccc3cc(CN4CCCC4)cnc23)cccc1-c1cccc(Nc2nccc3cc(CN4CCCC4)cnc23)c1Cl. The Labute approximate surface area is 286 Å². The summed E-state index contributed by atoms with van der Waals surface area (Å²) in [6.07, 6.45) is 12.7. The highest BCUT2D eigenvalue weighted by atomic mass is 35.5. The lowest BCUT2D eigenvalue weighted by molar-refractivity contribution is 0.331. The monoisotopic (exact) mass is 654 g/mol. The molecule has 2 aromatic carbocycles. The van der Waals surface area contributed by atoms with Gasteiger partial charge in [0.1, 0.15) is 11.0 Å².